The Morgan fingerprint density at radius 1 is 0.939 bits per heavy atom. The number of amides is 1. The highest BCUT2D eigenvalue weighted by atomic mass is 32.2. The summed E-state index contributed by atoms with van der Waals surface area (Å²) in [5.41, 5.74) is 1.04. The summed E-state index contributed by atoms with van der Waals surface area (Å²) in [5, 5.41) is 14.0. The number of nitrogens with one attached hydrogen (secondary N) is 3. The second-order valence-electron chi connectivity index (χ2n) is 6.90. The first-order valence-corrected chi connectivity index (χ1v) is 10.8. The molecule has 4 rings (SSSR count). The summed E-state index contributed by atoms with van der Waals surface area (Å²) in [7, 11) is -4.16. The van der Waals surface area contributed by atoms with Crippen LogP contribution in [0.5, 0.6) is 0 Å². The van der Waals surface area contributed by atoms with E-state index in [-0.39, 0.29) is 16.9 Å². The number of H-pyrrole nitrogens is 1. The number of anilines is 2. The number of aromatic amines is 1. The number of halogens is 2. The number of benzene rings is 3. The monoisotopic (exact) mass is 472 g/mol. The maximum atomic E-state index is 13.4. The number of nitro benzene ring substituents is 1. The van der Waals surface area contributed by atoms with Gasteiger partial charge >= 0.3 is 0 Å². The van der Waals surface area contributed by atoms with Crippen molar-refractivity contribution in [2.45, 2.75) is 4.90 Å². The molecule has 1 amide bonds. The number of fused-ring (bicyclic) bond motifs is 1. The number of aromatic nitrogens is 1. The number of nitro groups is 1. The number of rotatable bonds is 6. The fraction of sp³-hybridized carbons (Fsp3) is 0. The van der Waals surface area contributed by atoms with Crippen molar-refractivity contribution in [2.24, 2.45) is 0 Å². The molecule has 0 spiro atoms. The molecule has 1 aromatic heterocycles. The molecule has 168 valence electrons. The quantitative estimate of drug-likeness (QED) is 0.282. The van der Waals surface area contributed by atoms with E-state index in [0.29, 0.717) is 28.7 Å². The zero-order valence-electron chi connectivity index (χ0n) is 16.5. The van der Waals surface area contributed by atoms with Crippen molar-refractivity contribution in [3.8, 4) is 0 Å². The van der Waals surface area contributed by atoms with E-state index in [9.17, 15) is 32.1 Å². The van der Waals surface area contributed by atoms with Gasteiger partial charge < -0.3 is 10.3 Å². The maximum Gasteiger partial charge on any atom is 0.270 e. The minimum atomic E-state index is -4.16. The SMILES string of the molecule is O=C(Nc1ccc(NS(=O)(=O)c2ccc(F)c(F)c2)cc1)c1c[nH]c2ccc([N+](=O)[O-])cc12. The lowest BCUT2D eigenvalue weighted by atomic mass is 10.1. The molecule has 0 aliphatic carbocycles. The van der Waals surface area contributed by atoms with Crippen LogP contribution in [-0.4, -0.2) is 24.2 Å². The standard InChI is InChI=1S/C21H14F2N4O5S/c22-18-7-6-15(10-19(18)23)33(31,32)26-13-3-1-12(2-4-13)25-21(28)17-11-24-20-8-5-14(27(29)30)9-16(17)20/h1-11,24,26H,(H,25,28). The Morgan fingerprint density at radius 2 is 1.64 bits per heavy atom. The topological polar surface area (TPSA) is 134 Å². The van der Waals surface area contributed by atoms with Crippen LogP contribution in [0, 0.1) is 21.7 Å². The fourth-order valence-corrected chi connectivity index (χ4v) is 4.16. The van der Waals surface area contributed by atoms with Crippen molar-refractivity contribution in [2.75, 3.05) is 10.0 Å². The van der Waals surface area contributed by atoms with Crippen molar-refractivity contribution < 1.29 is 26.9 Å². The third-order valence-corrected chi connectivity index (χ3v) is 6.10. The molecule has 0 atom stereocenters. The van der Waals surface area contributed by atoms with Gasteiger partial charge in [-0.3, -0.25) is 19.6 Å². The average Bonchev–Trinajstić information content (AvgIpc) is 3.20. The molecule has 33 heavy (non-hydrogen) atoms. The molecule has 12 heteroatoms. The highest BCUT2D eigenvalue weighted by Gasteiger charge is 2.18. The molecule has 0 aliphatic rings. The predicted molar refractivity (Wildman–Crippen MR) is 117 cm³/mol. The van der Waals surface area contributed by atoms with Crippen molar-refractivity contribution in [3.05, 3.63) is 94.2 Å². The lowest BCUT2D eigenvalue weighted by Gasteiger charge is -2.10. The first-order valence-electron chi connectivity index (χ1n) is 9.29. The van der Waals surface area contributed by atoms with Gasteiger partial charge in [-0.15, -0.1) is 0 Å². The number of nitrogens with zero attached hydrogens (tertiary/aromatic N) is 1. The smallest absolute Gasteiger partial charge is 0.270 e. The van der Waals surface area contributed by atoms with E-state index in [4.69, 9.17) is 0 Å². The van der Waals surface area contributed by atoms with E-state index >= 15 is 0 Å². The van der Waals surface area contributed by atoms with Crippen molar-refractivity contribution in [3.63, 3.8) is 0 Å². The van der Waals surface area contributed by atoms with Crippen LogP contribution in [0.3, 0.4) is 0 Å². The van der Waals surface area contributed by atoms with Crippen LogP contribution < -0.4 is 10.0 Å². The van der Waals surface area contributed by atoms with Crippen LogP contribution in [0.2, 0.25) is 0 Å². The third-order valence-electron chi connectivity index (χ3n) is 4.72. The van der Waals surface area contributed by atoms with E-state index in [0.717, 1.165) is 6.07 Å². The number of hydrogen-bond donors (Lipinski definition) is 3. The van der Waals surface area contributed by atoms with Gasteiger partial charge in [-0.2, -0.15) is 0 Å². The first kappa shape index (κ1) is 21.9. The van der Waals surface area contributed by atoms with Crippen LogP contribution in [0.1, 0.15) is 10.4 Å². The molecule has 0 unspecified atom stereocenters. The Bertz CT molecular complexity index is 1500. The largest absolute Gasteiger partial charge is 0.360 e. The second-order valence-corrected chi connectivity index (χ2v) is 8.58. The zero-order chi connectivity index (χ0) is 23.8. The minimum absolute atomic E-state index is 0.125. The molecule has 3 N–H and O–H groups in total. The lowest BCUT2D eigenvalue weighted by Crippen LogP contribution is -2.14. The number of sulfonamides is 1. The van der Waals surface area contributed by atoms with Gasteiger partial charge in [0.25, 0.3) is 21.6 Å². The Morgan fingerprint density at radius 3 is 2.30 bits per heavy atom. The van der Waals surface area contributed by atoms with E-state index in [1.807, 2.05) is 0 Å². The van der Waals surface area contributed by atoms with Gasteiger partial charge in [-0.25, -0.2) is 17.2 Å². The molecular weight excluding hydrogens is 458 g/mol. The van der Waals surface area contributed by atoms with E-state index < -0.39 is 37.4 Å². The molecule has 1 heterocycles. The summed E-state index contributed by atoms with van der Waals surface area (Å²) in [6, 6.07) is 11.9. The number of carbonyl (C=O) groups excluding carboxylic acids is 1. The van der Waals surface area contributed by atoms with Crippen LogP contribution in [0.25, 0.3) is 10.9 Å². The summed E-state index contributed by atoms with van der Waals surface area (Å²) < 4.78 is 53.4. The fourth-order valence-electron chi connectivity index (χ4n) is 3.09. The molecule has 0 saturated carbocycles. The maximum absolute atomic E-state index is 13.4. The van der Waals surface area contributed by atoms with Crippen LogP contribution >= 0.6 is 0 Å². The Balaban J connectivity index is 1.50. The summed E-state index contributed by atoms with van der Waals surface area (Å²) in [4.78, 5) is 25.5. The van der Waals surface area contributed by atoms with Gasteiger partial charge in [-0.05, 0) is 48.5 Å². The van der Waals surface area contributed by atoms with Crippen LogP contribution in [0.15, 0.2) is 71.8 Å². The van der Waals surface area contributed by atoms with E-state index in [1.54, 1.807) is 0 Å². The highest BCUT2D eigenvalue weighted by molar-refractivity contribution is 7.92. The molecule has 3 aromatic carbocycles. The minimum Gasteiger partial charge on any atom is -0.360 e. The second kappa shape index (κ2) is 8.31. The highest BCUT2D eigenvalue weighted by Crippen LogP contribution is 2.25. The molecule has 0 saturated heterocycles. The average molecular weight is 472 g/mol. The third kappa shape index (κ3) is 4.50. The molecule has 0 aliphatic heterocycles. The van der Waals surface area contributed by atoms with Gasteiger partial charge in [0.15, 0.2) is 11.6 Å². The number of non-ortho nitro benzene ring substituents is 1. The predicted octanol–water partition coefficient (Wildman–Crippen LogP) is 4.41. The zero-order valence-corrected chi connectivity index (χ0v) is 17.3. The Kier molecular flexibility index (Phi) is 5.52. The number of hydrogen-bond acceptors (Lipinski definition) is 5. The molecule has 0 bridgehead atoms. The molecular formula is C21H14F2N4O5S. The number of carbonyl (C=O) groups is 1. The summed E-state index contributed by atoms with van der Waals surface area (Å²) in [6.07, 6.45) is 1.42. The molecule has 4 aromatic rings. The van der Waals surface area contributed by atoms with Crippen molar-refractivity contribution in [1.82, 2.24) is 4.98 Å². The first-order chi connectivity index (χ1) is 15.6. The van der Waals surface area contributed by atoms with Gasteiger partial charge in [0.2, 0.25) is 0 Å². The van der Waals surface area contributed by atoms with Crippen molar-refractivity contribution in [1.29, 1.82) is 0 Å². The van der Waals surface area contributed by atoms with E-state index in [1.165, 1.54) is 48.7 Å². The van der Waals surface area contributed by atoms with Crippen LogP contribution in [0.4, 0.5) is 25.8 Å². The summed E-state index contributed by atoms with van der Waals surface area (Å²) in [6.45, 7) is 0. The molecule has 0 fully saturated rings. The Labute approximate surface area is 185 Å². The summed E-state index contributed by atoms with van der Waals surface area (Å²) >= 11 is 0. The normalized spacial score (nSPS) is 11.3. The van der Waals surface area contributed by atoms with Crippen molar-refractivity contribution >= 4 is 43.9 Å². The van der Waals surface area contributed by atoms with Crippen LogP contribution in [-0.2, 0) is 10.0 Å². The lowest BCUT2D eigenvalue weighted by molar-refractivity contribution is -0.384. The van der Waals surface area contributed by atoms with Gasteiger partial charge in [0, 0.05) is 40.6 Å². The van der Waals surface area contributed by atoms with Gasteiger partial charge in [0.05, 0.1) is 15.4 Å². The molecule has 9 nitrogen and oxygen atoms in total. The van der Waals surface area contributed by atoms with E-state index in [2.05, 4.69) is 15.0 Å². The van der Waals surface area contributed by atoms with Gasteiger partial charge in [0.1, 0.15) is 0 Å². The Hall–Kier alpha value is -4.32. The summed E-state index contributed by atoms with van der Waals surface area (Å²) in [5.74, 6) is -2.99. The van der Waals surface area contributed by atoms with Gasteiger partial charge in [-0.1, -0.05) is 0 Å². The molecule has 0 radical (unpaired) electrons.